The molecule has 0 spiro atoms. The molecule has 0 N–H and O–H groups in total. The van der Waals surface area contributed by atoms with Gasteiger partial charge in [-0.25, -0.2) is 0 Å². The van der Waals surface area contributed by atoms with E-state index in [0.717, 1.165) is 30.8 Å². The summed E-state index contributed by atoms with van der Waals surface area (Å²) in [6.45, 7) is 5.81. The van der Waals surface area contributed by atoms with Crippen molar-refractivity contribution >= 4 is 17.2 Å². The first kappa shape index (κ1) is 14.3. The van der Waals surface area contributed by atoms with Crippen molar-refractivity contribution in [2.24, 2.45) is 0 Å². The summed E-state index contributed by atoms with van der Waals surface area (Å²) in [7, 11) is 0. The standard InChI is InChI=1S/C16H21N3OS/c1-12-9-17-18(10-12)11-14-4-3-7-19(14)16(20)8-15-6-5-13(2)21-15/h5-6,9-10,14H,3-4,7-8,11H2,1-2H3/t14-/m1/s1. The molecule has 4 nitrogen and oxygen atoms in total. The number of carbonyl (C=O) groups excluding carboxylic acids is 1. The highest BCUT2D eigenvalue weighted by atomic mass is 32.1. The van der Waals surface area contributed by atoms with Crippen LogP contribution in [-0.2, 0) is 17.8 Å². The van der Waals surface area contributed by atoms with Crippen LogP contribution in [0.3, 0.4) is 0 Å². The summed E-state index contributed by atoms with van der Waals surface area (Å²) in [5.41, 5.74) is 1.17. The Bertz CT molecular complexity index is 631. The van der Waals surface area contributed by atoms with E-state index in [1.165, 1.54) is 10.4 Å². The van der Waals surface area contributed by atoms with Gasteiger partial charge in [-0.3, -0.25) is 9.48 Å². The molecule has 0 bridgehead atoms. The van der Waals surface area contributed by atoms with E-state index in [1.807, 2.05) is 28.9 Å². The summed E-state index contributed by atoms with van der Waals surface area (Å²) in [6, 6.07) is 4.44. The van der Waals surface area contributed by atoms with Crippen molar-refractivity contribution in [1.29, 1.82) is 0 Å². The molecule has 1 aliphatic heterocycles. The molecule has 3 heterocycles. The van der Waals surface area contributed by atoms with Crippen LogP contribution in [0.1, 0.15) is 28.2 Å². The Hall–Kier alpha value is -1.62. The number of likely N-dealkylation sites (tertiary alicyclic amines) is 1. The number of hydrogen-bond donors (Lipinski definition) is 0. The Morgan fingerprint density at radius 3 is 2.95 bits per heavy atom. The number of aryl methyl sites for hydroxylation is 2. The van der Waals surface area contributed by atoms with Crippen LogP contribution in [0.2, 0.25) is 0 Å². The molecule has 2 aromatic heterocycles. The Balaban J connectivity index is 1.64. The van der Waals surface area contributed by atoms with Gasteiger partial charge >= 0.3 is 0 Å². The lowest BCUT2D eigenvalue weighted by Crippen LogP contribution is -2.39. The van der Waals surface area contributed by atoms with Crippen LogP contribution in [-0.4, -0.2) is 33.2 Å². The monoisotopic (exact) mass is 303 g/mol. The lowest BCUT2D eigenvalue weighted by molar-refractivity contribution is -0.131. The highest BCUT2D eigenvalue weighted by Gasteiger charge is 2.29. The Morgan fingerprint density at radius 1 is 1.43 bits per heavy atom. The fourth-order valence-corrected chi connectivity index (χ4v) is 3.85. The highest BCUT2D eigenvalue weighted by Crippen LogP contribution is 2.22. The molecule has 2 aromatic rings. The van der Waals surface area contributed by atoms with E-state index < -0.39 is 0 Å². The van der Waals surface area contributed by atoms with Crippen LogP contribution in [0.25, 0.3) is 0 Å². The van der Waals surface area contributed by atoms with Crippen molar-refractivity contribution in [1.82, 2.24) is 14.7 Å². The summed E-state index contributed by atoms with van der Waals surface area (Å²) < 4.78 is 1.96. The Labute approximate surface area is 129 Å². The van der Waals surface area contributed by atoms with Gasteiger partial charge in [0.25, 0.3) is 0 Å². The minimum atomic E-state index is 0.253. The van der Waals surface area contributed by atoms with Gasteiger partial charge < -0.3 is 4.90 Å². The van der Waals surface area contributed by atoms with Gasteiger partial charge in [0.05, 0.1) is 25.2 Å². The van der Waals surface area contributed by atoms with Crippen LogP contribution in [0.4, 0.5) is 0 Å². The number of thiophene rings is 1. The third-order valence-corrected chi connectivity index (χ3v) is 4.98. The molecule has 1 atom stereocenters. The van der Waals surface area contributed by atoms with Crippen LogP contribution in [0.15, 0.2) is 24.5 Å². The Morgan fingerprint density at radius 2 is 2.29 bits per heavy atom. The largest absolute Gasteiger partial charge is 0.338 e. The molecule has 0 aromatic carbocycles. The summed E-state index contributed by atoms with van der Waals surface area (Å²) >= 11 is 1.72. The van der Waals surface area contributed by atoms with Gasteiger partial charge in [-0.2, -0.15) is 5.10 Å². The maximum absolute atomic E-state index is 12.5. The van der Waals surface area contributed by atoms with Crippen LogP contribution >= 0.6 is 11.3 Å². The first-order chi connectivity index (χ1) is 10.1. The van der Waals surface area contributed by atoms with Crippen LogP contribution < -0.4 is 0 Å². The number of hydrogen-bond acceptors (Lipinski definition) is 3. The lowest BCUT2D eigenvalue weighted by atomic mass is 10.2. The normalized spacial score (nSPS) is 18.4. The van der Waals surface area contributed by atoms with E-state index in [4.69, 9.17) is 0 Å². The molecule has 0 aliphatic carbocycles. The number of nitrogens with zero attached hydrogens (tertiary/aromatic N) is 3. The van der Waals surface area contributed by atoms with Crippen molar-refractivity contribution in [3.05, 3.63) is 39.8 Å². The molecule has 21 heavy (non-hydrogen) atoms. The van der Waals surface area contributed by atoms with Crippen molar-refractivity contribution in [3.8, 4) is 0 Å². The molecule has 112 valence electrons. The number of aromatic nitrogens is 2. The second kappa shape index (κ2) is 6.02. The second-order valence-electron chi connectivity index (χ2n) is 5.81. The fourth-order valence-electron chi connectivity index (χ4n) is 2.97. The van der Waals surface area contributed by atoms with Gasteiger partial charge in [0.1, 0.15) is 0 Å². The molecular weight excluding hydrogens is 282 g/mol. The van der Waals surface area contributed by atoms with E-state index in [-0.39, 0.29) is 11.9 Å². The number of amides is 1. The molecule has 0 saturated carbocycles. The molecule has 0 unspecified atom stereocenters. The SMILES string of the molecule is Cc1cnn(C[C@H]2CCCN2C(=O)Cc2ccc(C)s2)c1. The van der Waals surface area contributed by atoms with E-state index in [1.54, 1.807) is 11.3 Å². The topological polar surface area (TPSA) is 38.1 Å². The lowest BCUT2D eigenvalue weighted by Gasteiger charge is -2.24. The van der Waals surface area contributed by atoms with E-state index in [0.29, 0.717) is 6.42 Å². The minimum absolute atomic E-state index is 0.253. The zero-order valence-corrected chi connectivity index (χ0v) is 13.4. The maximum atomic E-state index is 12.5. The van der Waals surface area contributed by atoms with Crippen molar-refractivity contribution in [3.63, 3.8) is 0 Å². The first-order valence-corrected chi connectivity index (χ1v) is 8.27. The average molecular weight is 303 g/mol. The van der Waals surface area contributed by atoms with E-state index in [2.05, 4.69) is 24.2 Å². The van der Waals surface area contributed by atoms with E-state index >= 15 is 0 Å². The van der Waals surface area contributed by atoms with Crippen molar-refractivity contribution < 1.29 is 4.79 Å². The third-order valence-electron chi connectivity index (χ3n) is 3.98. The molecule has 1 amide bonds. The predicted molar refractivity (Wildman–Crippen MR) is 84.5 cm³/mol. The zero-order chi connectivity index (χ0) is 14.8. The summed E-state index contributed by atoms with van der Waals surface area (Å²) in [6.07, 6.45) is 6.63. The molecule has 3 rings (SSSR count). The highest BCUT2D eigenvalue weighted by molar-refractivity contribution is 7.12. The van der Waals surface area contributed by atoms with Gasteiger partial charge in [0.2, 0.25) is 5.91 Å². The van der Waals surface area contributed by atoms with Crippen LogP contribution in [0.5, 0.6) is 0 Å². The molecule has 1 aliphatic rings. The summed E-state index contributed by atoms with van der Waals surface area (Å²) in [4.78, 5) is 17.0. The van der Waals surface area contributed by atoms with Crippen LogP contribution in [0, 0.1) is 13.8 Å². The average Bonchev–Trinajstić information content (AvgIpc) is 3.13. The smallest absolute Gasteiger partial charge is 0.228 e. The molecule has 1 fully saturated rings. The quantitative estimate of drug-likeness (QED) is 0.871. The number of rotatable bonds is 4. The predicted octanol–water partition coefficient (Wildman–Crippen LogP) is 2.80. The zero-order valence-electron chi connectivity index (χ0n) is 12.6. The number of carbonyl (C=O) groups is 1. The molecule has 0 radical (unpaired) electrons. The summed E-state index contributed by atoms with van der Waals surface area (Å²) in [5, 5.41) is 4.34. The van der Waals surface area contributed by atoms with E-state index in [9.17, 15) is 4.79 Å². The maximum Gasteiger partial charge on any atom is 0.228 e. The Kier molecular flexibility index (Phi) is 4.10. The van der Waals surface area contributed by atoms with Gasteiger partial charge in [-0.05, 0) is 44.4 Å². The van der Waals surface area contributed by atoms with Gasteiger partial charge in [0.15, 0.2) is 0 Å². The third kappa shape index (κ3) is 3.35. The van der Waals surface area contributed by atoms with Crippen molar-refractivity contribution in [2.75, 3.05) is 6.54 Å². The van der Waals surface area contributed by atoms with Gasteiger partial charge in [0, 0.05) is 22.5 Å². The molecule has 1 saturated heterocycles. The minimum Gasteiger partial charge on any atom is -0.338 e. The fraction of sp³-hybridized carbons (Fsp3) is 0.500. The second-order valence-corrected chi connectivity index (χ2v) is 7.18. The van der Waals surface area contributed by atoms with Gasteiger partial charge in [-0.15, -0.1) is 11.3 Å². The van der Waals surface area contributed by atoms with Crippen molar-refractivity contribution in [2.45, 2.75) is 45.7 Å². The first-order valence-electron chi connectivity index (χ1n) is 7.45. The van der Waals surface area contributed by atoms with Gasteiger partial charge in [-0.1, -0.05) is 0 Å². The molecule has 5 heteroatoms. The summed E-state index contributed by atoms with van der Waals surface area (Å²) in [5.74, 6) is 0.253. The molecular formula is C16H21N3OS.